The number of aromatic nitrogens is 2. The highest BCUT2D eigenvalue weighted by atomic mass is 32.2. The minimum Gasteiger partial charge on any atom is -0.384 e. The average Bonchev–Trinajstić information content (AvgIpc) is 2.83. The van der Waals surface area contributed by atoms with Crippen LogP contribution in [0.25, 0.3) is 11.3 Å². The highest BCUT2D eigenvalue weighted by Crippen LogP contribution is 2.31. The van der Waals surface area contributed by atoms with Crippen molar-refractivity contribution in [3.8, 4) is 11.3 Å². The molecule has 1 aromatic carbocycles. The van der Waals surface area contributed by atoms with E-state index in [-0.39, 0.29) is 21.8 Å². The molecule has 0 unspecified atom stereocenters. The van der Waals surface area contributed by atoms with Crippen LogP contribution in [0.15, 0.2) is 59.6 Å². The molecule has 35 heavy (non-hydrogen) atoms. The molecule has 3 heterocycles. The molecule has 0 spiro atoms. The summed E-state index contributed by atoms with van der Waals surface area (Å²) >= 11 is 0. The van der Waals surface area contributed by atoms with Gasteiger partial charge in [-0.05, 0) is 49.4 Å². The van der Waals surface area contributed by atoms with E-state index in [0.717, 1.165) is 24.0 Å². The van der Waals surface area contributed by atoms with Crippen LogP contribution in [0.2, 0.25) is 0 Å². The fourth-order valence-electron chi connectivity index (χ4n) is 3.81. The first-order valence-electron chi connectivity index (χ1n) is 11.3. The Hall–Kier alpha value is -3.50. The third-order valence-electron chi connectivity index (χ3n) is 6.12. The monoisotopic (exact) mass is 495 g/mol. The molecule has 1 aliphatic rings. The molecule has 0 aliphatic carbocycles. The minimum atomic E-state index is -4.22. The van der Waals surface area contributed by atoms with E-state index in [4.69, 9.17) is 15.5 Å². The SMILES string of the molecule is Cc1ccc(-c2ccc(C(=O)NS(=O)(=O)c3cccc(N)n3)c(NCC3(C)CCOCC3)n2)cc1. The molecule has 1 amide bonds. The first-order valence-corrected chi connectivity index (χ1v) is 12.8. The summed E-state index contributed by atoms with van der Waals surface area (Å²) < 4.78 is 33.1. The van der Waals surface area contributed by atoms with Crippen LogP contribution in [0.4, 0.5) is 11.6 Å². The topological polar surface area (TPSA) is 136 Å². The summed E-state index contributed by atoms with van der Waals surface area (Å²) in [5, 5.41) is 2.97. The van der Waals surface area contributed by atoms with Crippen LogP contribution >= 0.6 is 0 Å². The number of pyridine rings is 2. The fourth-order valence-corrected chi connectivity index (χ4v) is 4.75. The lowest BCUT2D eigenvalue weighted by molar-refractivity contribution is 0.0299. The van der Waals surface area contributed by atoms with Crippen LogP contribution in [-0.4, -0.2) is 44.1 Å². The first kappa shape index (κ1) is 24.6. The van der Waals surface area contributed by atoms with Crippen LogP contribution in [0.1, 0.15) is 35.7 Å². The Bertz CT molecular complexity index is 1320. The predicted molar refractivity (Wildman–Crippen MR) is 134 cm³/mol. The third kappa shape index (κ3) is 5.95. The quantitative estimate of drug-likeness (QED) is 0.454. The lowest BCUT2D eigenvalue weighted by atomic mass is 9.82. The summed E-state index contributed by atoms with van der Waals surface area (Å²) in [7, 11) is -4.22. The van der Waals surface area contributed by atoms with Gasteiger partial charge in [-0.15, -0.1) is 0 Å². The number of ether oxygens (including phenoxy) is 1. The van der Waals surface area contributed by atoms with Crippen LogP contribution in [-0.2, 0) is 14.8 Å². The number of nitrogens with two attached hydrogens (primary N) is 1. The number of nitrogen functional groups attached to an aromatic ring is 1. The molecular weight excluding hydrogens is 466 g/mol. The number of carbonyl (C=O) groups is 1. The molecule has 0 atom stereocenters. The molecule has 4 rings (SSSR count). The Kier molecular flexibility index (Phi) is 7.04. The van der Waals surface area contributed by atoms with Crippen molar-refractivity contribution in [2.24, 2.45) is 5.41 Å². The second-order valence-electron chi connectivity index (χ2n) is 9.07. The Labute approximate surface area is 205 Å². The molecule has 1 fully saturated rings. The number of rotatable bonds is 7. The molecule has 4 N–H and O–H groups in total. The van der Waals surface area contributed by atoms with Crippen molar-refractivity contribution in [3.63, 3.8) is 0 Å². The van der Waals surface area contributed by atoms with Crippen LogP contribution in [0, 0.1) is 12.3 Å². The normalized spacial score (nSPS) is 15.4. The van der Waals surface area contributed by atoms with Crippen molar-refractivity contribution in [2.45, 2.75) is 31.7 Å². The lowest BCUT2D eigenvalue weighted by Crippen LogP contribution is -2.35. The summed E-state index contributed by atoms with van der Waals surface area (Å²) in [6, 6.07) is 15.4. The number of nitrogens with one attached hydrogen (secondary N) is 2. The van der Waals surface area contributed by atoms with E-state index < -0.39 is 15.9 Å². The molecule has 10 heteroatoms. The molecule has 1 aliphatic heterocycles. The van der Waals surface area contributed by atoms with Crippen molar-refractivity contribution in [1.82, 2.24) is 14.7 Å². The number of hydrogen-bond acceptors (Lipinski definition) is 8. The van der Waals surface area contributed by atoms with Gasteiger partial charge < -0.3 is 15.8 Å². The van der Waals surface area contributed by atoms with Gasteiger partial charge in [-0.3, -0.25) is 4.79 Å². The predicted octanol–water partition coefficient (Wildman–Crippen LogP) is 3.38. The van der Waals surface area contributed by atoms with E-state index in [1.807, 2.05) is 31.2 Å². The summed E-state index contributed by atoms with van der Waals surface area (Å²) in [5.74, 6) is -0.461. The maximum Gasteiger partial charge on any atom is 0.281 e. The molecule has 184 valence electrons. The van der Waals surface area contributed by atoms with Gasteiger partial charge in [-0.2, -0.15) is 8.42 Å². The molecular formula is C25H29N5O4S. The number of benzene rings is 1. The summed E-state index contributed by atoms with van der Waals surface area (Å²) in [4.78, 5) is 21.6. The van der Waals surface area contributed by atoms with Crippen molar-refractivity contribution < 1.29 is 17.9 Å². The van der Waals surface area contributed by atoms with Crippen molar-refractivity contribution in [2.75, 3.05) is 30.8 Å². The minimum absolute atomic E-state index is 0.0366. The highest BCUT2D eigenvalue weighted by Gasteiger charge is 2.29. The number of aryl methyl sites for hydroxylation is 1. The zero-order valence-electron chi connectivity index (χ0n) is 19.7. The zero-order chi connectivity index (χ0) is 25.1. The zero-order valence-corrected chi connectivity index (χ0v) is 20.6. The molecule has 0 saturated carbocycles. The second kappa shape index (κ2) is 10.0. The molecule has 2 aromatic heterocycles. The molecule has 0 radical (unpaired) electrons. The summed E-state index contributed by atoms with van der Waals surface area (Å²) in [5.41, 5.74) is 8.36. The number of hydrogen-bond donors (Lipinski definition) is 3. The standard InChI is InChI=1S/C25H29N5O4S/c1-17-6-8-18(9-7-17)20-11-10-19(23(28-20)27-16-25(2)12-14-34-15-13-25)24(31)30-35(32,33)22-5-3-4-21(26)29-22/h3-11H,12-16H2,1-2H3,(H2,26,29)(H,27,28)(H,30,31). The Morgan fingerprint density at radius 1 is 1.06 bits per heavy atom. The third-order valence-corrected chi connectivity index (χ3v) is 7.35. The van der Waals surface area contributed by atoms with E-state index in [2.05, 4.69) is 21.9 Å². The Balaban J connectivity index is 1.64. The summed E-state index contributed by atoms with van der Waals surface area (Å²) in [6.07, 6.45) is 1.74. The number of sulfonamides is 1. The van der Waals surface area contributed by atoms with Crippen molar-refractivity contribution in [3.05, 3.63) is 65.7 Å². The van der Waals surface area contributed by atoms with Gasteiger partial charge in [0.05, 0.1) is 11.3 Å². The summed E-state index contributed by atoms with van der Waals surface area (Å²) in [6.45, 7) is 6.07. The average molecular weight is 496 g/mol. The van der Waals surface area contributed by atoms with Gasteiger partial charge in [-0.1, -0.05) is 42.8 Å². The number of anilines is 2. The number of nitrogens with zero attached hydrogens (tertiary/aromatic N) is 2. The maximum absolute atomic E-state index is 13.1. The number of carbonyl (C=O) groups excluding carboxylic acids is 1. The van der Waals surface area contributed by atoms with Gasteiger partial charge in [0.2, 0.25) is 0 Å². The van der Waals surface area contributed by atoms with Gasteiger partial charge in [-0.25, -0.2) is 14.7 Å². The van der Waals surface area contributed by atoms with Crippen molar-refractivity contribution >= 4 is 27.6 Å². The largest absolute Gasteiger partial charge is 0.384 e. The van der Waals surface area contributed by atoms with Crippen LogP contribution in [0.3, 0.4) is 0 Å². The van der Waals surface area contributed by atoms with E-state index in [0.29, 0.717) is 31.3 Å². The van der Waals surface area contributed by atoms with Gasteiger partial charge in [0, 0.05) is 25.3 Å². The highest BCUT2D eigenvalue weighted by molar-refractivity contribution is 7.90. The Morgan fingerprint density at radius 2 is 1.77 bits per heavy atom. The van der Waals surface area contributed by atoms with Gasteiger partial charge in [0.1, 0.15) is 11.6 Å². The molecule has 1 saturated heterocycles. The lowest BCUT2D eigenvalue weighted by Gasteiger charge is -2.34. The molecule has 9 nitrogen and oxygen atoms in total. The van der Waals surface area contributed by atoms with Gasteiger partial charge in [0.15, 0.2) is 5.03 Å². The second-order valence-corrected chi connectivity index (χ2v) is 10.7. The van der Waals surface area contributed by atoms with Crippen molar-refractivity contribution in [1.29, 1.82) is 0 Å². The molecule has 3 aromatic rings. The van der Waals surface area contributed by atoms with Gasteiger partial charge >= 0.3 is 0 Å². The van der Waals surface area contributed by atoms with E-state index in [1.54, 1.807) is 12.1 Å². The van der Waals surface area contributed by atoms with E-state index in [9.17, 15) is 13.2 Å². The Morgan fingerprint density at radius 3 is 2.46 bits per heavy atom. The smallest absolute Gasteiger partial charge is 0.281 e. The first-order chi connectivity index (χ1) is 16.7. The van der Waals surface area contributed by atoms with Crippen LogP contribution in [0.5, 0.6) is 0 Å². The van der Waals surface area contributed by atoms with E-state index in [1.165, 1.54) is 18.2 Å². The maximum atomic E-state index is 13.1. The van der Waals surface area contributed by atoms with Gasteiger partial charge in [0.25, 0.3) is 15.9 Å². The molecule has 0 bridgehead atoms. The van der Waals surface area contributed by atoms with Crippen LogP contribution < -0.4 is 15.8 Å². The number of amides is 1. The fraction of sp³-hybridized carbons (Fsp3) is 0.320. The van der Waals surface area contributed by atoms with E-state index >= 15 is 0 Å².